The van der Waals surface area contributed by atoms with Crippen molar-refractivity contribution in [1.82, 2.24) is 14.8 Å². The number of anilines is 2. The maximum Gasteiger partial charge on any atom is 0.158 e. The smallest absolute Gasteiger partial charge is 0.158 e. The molecule has 3 heterocycles. The van der Waals surface area contributed by atoms with Crippen molar-refractivity contribution in [2.24, 2.45) is 10.9 Å². The highest BCUT2D eigenvalue weighted by Crippen LogP contribution is 2.45. The molecule has 2 aromatic heterocycles. The molecule has 168 valence electrons. The van der Waals surface area contributed by atoms with Gasteiger partial charge in [0.25, 0.3) is 0 Å². The molecule has 0 amide bonds. The first-order valence-corrected chi connectivity index (χ1v) is 11.6. The van der Waals surface area contributed by atoms with Gasteiger partial charge in [-0.05, 0) is 62.2 Å². The van der Waals surface area contributed by atoms with Crippen molar-refractivity contribution in [2.45, 2.75) is 19.3 Å². The molecule has 0 bridgehead atoms. The molecule has 0 atom stereocenters. The van der Waals surface area contributed by atoms with Gasteiger partial charge in [-0.15, -0.1) is 16.9 Å². The Morgan fingerprint density at radius 3 is 2.52 bits per heavy atom. The minimum absolute atomic E-state index is 0. The van der Waals surface area contributed by atoms with E-state index in [9.17, 15) is 5.26 Å². The largest absolute Gasteiger partial charge is 0.457 e. The van der Waals surface area contributed by atoms with Crippen LogP contribution >= 0.6 is 11.8 Å². The number of hydrogen-bond acceptors (Lipinski definition) is 8. The van der Waals surface area contributed by atoms with Gasteiger partial charge in [0, 0.05) is 37.9 Å². The molecule has 3 aromatic rings. The van der Waals surface area contributed by atoms with Gasteiger partial charge in [-0.1, -0.05) is 0 Å². The van der Waals surface area contributed by atoms with E-state index in [-0.39, 0.29) is 1.43 Å². The van der Waals surface area contributed by atoms with E-state index in [2.05, 4.69) is 23.1 Å². The van der Waals surface area contributed by atoms with Gasteiger partial charge in [-0.2, -0.15) is 5.26 Å². The van der Waals surface area contributed by atoms with Crippen LogP contribution in [0.5, 0.6) is 11.5 Å². The Morgan fingerprint density at radius 1 is 1.18 bits per heavy atom. The van der Waals surface area contributed by atoms with E-state index < -0.39 is 0 Å². The number of ether oxygens (including phenoxy) is 1. The maximum absolute atomic E-state index is 9.73. The summed E-state index contributed by atoms with van der Waals surface area (Å²) in [7, 11) is 0. The highest BCUT2D eigenvalue weighted by molar-refractivity contribution is 8.13. The fraction of sp³-hybridized carbons (Fsp3) is 0.208. The van der Waals surface area contributed by atoms with Crippen LogP contribution in [0.1, 0.15) is 20.7 Å². The quantitative estimate of drug-likeness (QED) is 0.435. The summed E-state index contributed by atoms with van der Waals surface area (Å²) in [6, 6.07) is 15.6. The van der Waals surface area contributed by atoms with E-state index in [1.807, 2.05) is 53.4 Å². The van der Waals surface area contributed by atoms with Crippen LogP contribution in [-0.4, -0.2) is 32.8 Å². The Kier molecular flexibility index (Phi) is 6.86. The lowest BCUT2D eigenvalue weighted by Crippen LogP contribution is -2.04. The summed E-state index contributed by atoms with van der Waals surface area (Å²) in [4.78, 5) is 8.75. The van der Waals surface area contributed by atoms with E-state index in [0.29, 0.717) is 18.2 Å². The number of aliphatic imine (C=N–C) groups is 1. The number of nitrogens with zero attached hydrogens (tertiary/aromatic N) is 5. The van der Waals surface area contributed by atoms with E-state index in [4.69, 9.17) is 20.2 Å². The molecule has 1 fully saturated rings. The molecule has 0 radical (unpaired) electrons. The zero-order valence-electron chi connectivity index (χ0n) is 18.2. The summed E-state index contributed by atoms with van der Waals surface area (Å²) in [6.07, 6.45) is 8.15. The standard InChI is InChI=1S/C23H20N6OS.CH3N.H2/c1-31-22-12-16(14-24)23(15-2-3-15)29-21(27-22)13-20(28-29)26-17-4-6-18(7-5-17)30-19-8-10-25-11-9-19;1-2;/h4-11,13,15H,2-3,12H2,1H3,(H,26,28);2H,1H2;1H. The average Bonchev–Trinajstić information content (AvgIpc) is 3.64. The van der Waals surface area contributed by atoms with Gasteiger partial charge < -0.3 is 15.5 Å². The number of fused-ring (bicyclic) bond motifs is 1. The van der Waals surface area contributed by atoms with Crippen molar-refractivity contribution >= 4 is 46.5 Å². The van der Waals surface area contributed by atoms with Crippen molar-refractivity contribution in [1.29, 1.82) is 10.7 Å². The number of rotatable bonds is 5. The van der Waals surface area contributed by atoms with Crippen LogP contribution in [0.2, 0.25) is 0 Å². The highest BCUT2D eigenvalue weighted by Gasteiger charge is 2.33. The van der Waals surface area contributed by atoms with Crippen LogP contribution in [0.25, 0.3) is 5.70 Å². The van der Waals surface area contributed by atoms with E-state index >= 15 is 0 Å². The molecule has 2 aliphatic rings. The number of hydrogen-bond donors (Lipinski definition) is 2. The second-order valence-corrected chi connectivity index (χ2v) is 8.25. The first kappa shape index (κ1) is 22.3. The Hall–Kier alpha value is -3.90. The Morgan fingerprint density at radius 2 is 1.88 bits per heavy atom. The number of aromatic nitrogens is 3. The molecule has 1 aromatic carbocycles. The molecular formula is C24H25N7OS. The summed E-state index contributed by atoms with van der Waals surface area (Å²) in [5, 5.41) is 24.2. The molecule has 0 saturated heterocycles. The summed E-state index contributed by atoms with van der Waals surface area (Å²) < 4.78 is 7.66. The van der Waals surface area contributed by atoms with Gasteiger partial charge in [0.1, 0.15) is 11.5 Å². The first-order chi connectivity index (χ1) is 16.2. The molecule has 9 heteroatoms. The van der Waals surface area contributed by atoms with Gasteiger partial charge in [0.2, 0.25) is 0 Å². The van der Waals surface area contributed by atoms with Crippen LogP contribution < -0.4 is 10.1 Å². The van der Waals surface area contributed by atoms with Crippen molar-refractivity contribution in [2.75, 3.05) is 11.6 Å². The molecule has 0 spiro atoms. The first-order valence-electron chi connectivity index (χ1n) is 10.4. The lowest BCUT2D eigenvalue weighted by Gasteiger charge is -2.09. The topological polar surface area (TPSA) is 112 Å². The Labute approximate surface area is 198 Å². The maximum atomic E-state index is 9.73. The van der Waals surface area contributed by atoms with E-state index in [1.165, 1.54) is 0 Å². The van der Waals surface area contributed by atoms with Gasteiger partial charge in [0.15, 0.2) is 11.6 Å². The van der Waals surface area contributed by atoms with Crippen molar-refractivity contribution in [3.8, 4) is 17.6 Å². The number of thioether (sulfide) groups is 1. The van der Waals surface area contributed by atoms with Crippen molar-refractivity contribution in [3.05, 3.63) is 60.4 Å². The average molecular weight is 460 g/mol. The van der Waals surface area contributed by atoms with Crippen LogP contribution in [0.3, 0.4) is 0 Å². The second kappa shape index (κ2) is 10.1. The third-order valence-electron chi connectivity index (χ3n) is 5.14. The van der Waals surface area contributed by atoms with Crippen molar-refractivity contribution in [3.63, 3.8) is 0 Å². The molecule has 1 saturated carbocycles. The van der Waals surface area contributed by atoms with E-state index in [0.717, 1.165) is 52.2 Å². The summed E-state index contributed by atoms with van der Waals surface area (Å²) in [5.74, 6) is 3.33. The van der Waals surface area contributed by atoms with Gasteiger partial charge in [-0.3, -0.25) is 4.98 Å². The van der Waals surface area contributed by atoms with Gasteiger partial charge in [-0.25, -0.2) is 9.67 Å². The number of pyridine rings is 1. The van der Waals surface area contributed by atoms with E-state index in [1.54, 1.807) is 24.2 Å². The predicted octanol–water partition coefficient (Wildman–Crippen LogP) is 6.27. The SMILES string of the molecule is C=N.CSC1=Nc2cc(Nc3ccc(Oc4ccncc4)cc3)nn2C(C2CC2)=C(C#N)C1.[HH]. The molecule has 1 aliphatic carbocycles. The fourth-order valence-corrected chi connectivity index (χ4v) is 3.99. The predicted molar refractivity (Wildman–Crippen MR) is 135 cm³/mol. The lowest BCUT2D eigenvalue weighted by atomic mass is 10.1. The summed E-state index contributed by atoms with van der Waals surface area (Å²) in [6.45, 7) is 2.50. The molecular weight excluding hydrogens is 434 g/mol. The fourth-order valence-electron chi connectivity index (χ4n) is 3.51. The van der Waals surface area contributed by atoms with Crippen LogP contribution in [0, 0.1) is 22.7 Å². The second-order valence-electron chi connectivity index (χ2n) is 7.37. The van der Waals surface area contributed by atoms with Crippen LogP contribution in [-0.2, 0) is 0 Å². The molecule has 1 aliphatic heterocycles. The van der Waals surface area contributed by atoms with Crippen LogP contribution in [0.4, 0.5) is 17.3 Å². The summed E-state index contributed by atoms with van der Waals surface area (Å²) >= 11 is 1.58. The zero-order valence-corrected chi connectivity index (χ0v) is 19.0. The zero-order chi connectivity index (χ0) is 23.2. The number of benzene rings is 1. The number of nitrogens with one attached hydrogen (secondary N) is 2. The number of nitriles is 1. The minimum Gasteiger partial charge on any atom is -0.457 e. The normalized spacial score (nSPS) is 14.7. The van der Waals surface area contributed by atoms with Crippen LogP contribution in [0.15, 0.2) is 65.4 Å². The van der Waals surface area contributed by atoms with Gasteiger partial charge >= 0.3 is 0 Å². The highest BCUT2D eigenvalue weighted by atomic mass is 32.2. The monoisotopic (exact) mass is 459 g/mol. The molecule has 33 heavy (non-hydrogen) atoms. The third kappa shape index (κ3) is 5.13. The summed E-state index contributed by atoms with van der Waals surface area (Å²) in [5.41, 5.74) is 2.66. The number of allylic oxidation sites excluding steroid dienone is 2. The molecule has 8 nitrogen and oxygen atoms in total. The molecule has 5 rings (SSSR count). The lowest BCUT2D eigenvalue weighted by molar-refractivity contribution is 0.482. The molecule has 0 unspecified atom stereocenters. The van der Waals surface area contributed by atoms with Crippen molar-refractivity contribution < 1.29 is 6.16 Å². The Balaban J connectivity index is 0.00000105. The van der Waals surface area contributed by atoms with Gasteiger partial charge in [0.05, 0.1) is 22.4 Å². The molecule has 2 N–H and O–H groups in total. The third-order valence-corrected chi connectivity index (χ3v) is 5.85. The Bertz CT molecular complexity index is 1230. The minimum atomic E-state index is 0.